The van der Waals surface area contributed by atoms with E-state index in [9.17, 15) is 4.79 Å². The number of aromatic carboxylic acids is 1. The lowest BCUT2D eigenvalue weighted by atomic mass is 10.3. The van der Waals surface area contributed by atoms with Crippen molar-refractivity contribution in [2.24, 2.45) is 0 Å². The summed E-state index contributed by atoms with van der Waals surface area (Å²) < 4.78 is 1.42. The van der Waals surface area contributed by atoms with Crippen LogP contribution in [0.3, 0.4) is 0 Å². The summed E-state index contributed by atoms with van der Waals surface area (Å²) in [5.41, 5.74) is 6.07. The van der Waals surface area contributed by atoms with Crippen LogP contribution in [0.15, 0.2) is 18.7 Å². The van der Waals surface area contributed by atoms with E-state index in [4.69, 9.17) is 10.8 Å². The molecule has 0 saturated heterocycles. The average Bonchev–Trinajstić information content (AvgIpc) is 2.52. The summed E-state index contributed by atoms with van der Waals surface area (Å²) >= 11 is 0. The van der Waals surface area contributed by atoms with Gasteiger partial charge in [-0.15, -0.1) is 0 Å². The third kappa shape index (κ3) is 0.994. The van der Waals surface area contributed by atoms with E-state index in [1.54, 1.807) is 0 Å². The minimum absolute atomic E-state index is 0.0227. The van der Waals surface area contributed by atoms with Crippen LogP contribution >= 0.6 is 0 Å². The molecule has 0 bridgehead atoms. The lowest BCUT2D eigenvalue weighted by Gasteiger charge is -2.01. The molecule has 3 N–H and O–H groups in total. The van der Waals surface area contributed by atoms with Crippen LogP contribution < -0.4 is 5.73 Å². The summed E-state index contributed by atoms with van der Waals surface area (Å²) in [4.78, 5) is 18.3. The normalized spacial score (nSPS) is 10.5. The molecule has 0 unspecified atom stereocenters. The highest BCUT2D eigenvalue weighted by atomic mass is 16.4. The molecular formula is C7H6N4O2. The Kier molecular flexibility index (Phi) is 1.42. The van der Waals surface area contributed by atoms with E-state index in [1.165, 1.54) is 23.1 Å². The Balaban J connectivity index is 2.80. The molecule has 0 radical (unpaired) electrons. The van der Waals surface area contributed by atoms with Crippen LogP contribution in [0.2, 0.25) is 0 Å². The second-order valence-electron chi connectivity index (χ2n) is 2.48. The molecule has 0 atom stereocenters. The second kappa shape index (κ2) is 2.44. The Labute approximate surface area is 72.6 Å². The Morgan fingerprint density at radius 3 is 3.00 bits per heavy atom. The van der Waals surface area contributed by atoms with Crippen LogP contribution in [0.5, 0.6) is 0 Å². The Hall–Kier alpha value is -2.11. The molecule has 0 aliphatic heterocycles. The van der Waals surface area contributed by atoms with Gasteiger partial charge in [-0.05, 0) is 0 Å². The van der Waals surface area contributed by atoms with Crippen LogP contribution in [0, 0.1) is 0 Å². The number of carboxylic acids is 1. The molecule has 0 aromatic carbocycles. The third-order valence-electron chi connectivity index (χ3n) is 1.71. The summed E-state index contributed by atoms with van der Waals surface area (Å²) in [7, 11) is 0. The maximum atomic E-state index is 10.6. The van der Waals surface area contributed by atoms with Gasteiger partial charge in [0.05, 0.1) is 6.20 Å². The number of nitrogens with two attached hydrogens (primary N) is 1. The minimum atomic E-state index is -1.10. The van der Waals surface area contributed by atoms with Crippen LogP contribution in [0.4, 0.5) is 5.82 Å². The molecule has 6 heteroatoms. The third-order valence-corrected chi connectivity index (χ3v) is 1.71. The molecular weight excluding hydrogens is 172 g/mol. The molecule has 2 aromatic rings. The zero-order valence-corrected chi connectivity index (χ0v) is 6.51. The maximum absolute atomic E-state index is 10.6. The molecule has 66 valence electrons. The number of fused-ring (bicyclic) bond motifs is 1. The van der Waals surface area contributed by atoms with Crippen molar-refractivity contribution in [1.29, 1.82) is 0 Å². The standard InChI is InChI=1S/C7H6N4O2/c8-6-4(7(12)13)1-10-5-2-9-3-11(5)6/h1-3H,8H2,(H,12,13). The molecule has 0 aliphatic carbocycles. The zero-order chi connectivity index (χ0) is 9.42. The Morgan fingerprint density at radius 2 is 2.31 bits per heavy atom. The molecule has 2 heterocycles. The number of imidazole rings is 1. The van der Waals surface area contributed by atoms with Crippen molar-refractivity contribution in [3.8, 4) is 0 Å². The molecule has 0 fully saturated rings. The molecule has 6 nitrogen and oxygen atoms in total. The quantitative estimate of drug-likeness (QED) is 0.641. The highest BCUT2D eigenvalue weighted by Gasteiger charge is 2.11. The molecule has 2 rings (SSSR count). The number of anilines is 1. The van der Waals surface area contributed by atoms with E-state index in [0.29, 0.717) is 5.65 Å². The van der Waals surface area contributed by atoms with Gasteiger partial charge < -0.3 is 10.8 Å². The Morgan fingerprint density at radius 1 is 1.54 bits per heavy atom. The van der Waals surface area contributed by atoms with Gasteiger partial charge >= 0.3 is 5.97 Å². The van der Waals surface area contributed by atoms with E-state index < -0.39 is 5.97 Å². The largest absolute Gasteiger partial charge is 0.478 e. The first-order valence-corrected chi connectivity index (χ1v) is 3.50. The first kappa shape index (κ1) is 7.53. The van der Waals surface area contributed by atoms with Gasteiger partial charge in [-0.3, -0.25) is 4.40 Å². The number of hydrogen-bond donors (Lipinski definition) is 2. The fourth-order valence-corrected chi connectivity index (χ4v) is 1.06. The van der Waals surface area contributed by atoms with E-state index in [-0.39, 0.29) is 11.4 Å². The first-order valence-electron chi connectivity index (χ1n) is 3.50. The van der Waals surface area contributed by atoms with Gasteiger partial charge in [0.25, 0.3) is 0 Å². The number of carbonyl (C=O) groups is 1. The molecule has 13 heavy (non-hydrogen) atoms. The van der Waals surface area contributed by atoms with Gasteiger partial charge in [0, 0.05) is 6.20 Å². The van der Waals surface area contributed by atoms with Crippen LogP contribution in [-0.2, 0) is 0 Å². The summed E-state index contributed by atoms with van der Waals surface area (Å²) in [6, 6.07) is 0. The summed E-state index contributed by atoms with van der Waals surface area (Å²) in [6.45, 7) is 0. The highest BCUT2D eigenvalue weighted by Crippen LogP contribution is 2.11. The highest BCUT2D eigenvalue weighted by molar-refractivity contribution is 5.92. The van der Waals surface area contributed by atoms with E-state index in [2.05, 4.69) is 9.97 Å². The van der Waals surface area contributed by atoms with E-state index in [1.807, 2.05) is 0 Å². The van der Waals surface area contributed by atoms with Crippen LogP contribution in [0.25, 0.3) is 5.65 Å². The molecule has 0 amide bonds. The van der Waals surface area contributed by atoms with Gasteiger partial charge in [0.1, 0.15) is 17.7 Å². The number of carboxylic acid groups (broad SMARTS) is 1. The lowest BCUT2D eigenvalue weighted by Crippen LogP contribution is -2.07. The number of hydrogen-bond acceptors (Lipinski definition) is 4. The molecule has 0 saturated carbocycles. The number of rotatable bonds is 1. The fraction of sp³-hybridized carbons (Fsp3) is 0. The van der Waals surface area contributed by atoms with E-state index in [0.717, 1.165) is 0 Å². The molecule has 0 aliphatic rings. The van der Waals surface area contributed by atoms with Gasteiger partial charge in [0.2, 0.25) is 0 Å². The summed E-state index contributed by atoms with van der Waals surface area (Å²) in [5, 5.41) is 8.71. The van der Waals surface area contributed by atoms with Crippen molar-refractivity contribution in [2.45, 2.75) is 0 Å². The lowest BCUT2D eigenvalue weighted by molar-refractivity contribution is 0.0697. The van der Waals surface area contributed by atoms with Gasteiger partial charge in [-0.25, -0.2) is 14.8 Å². The van der Waals surface area contributed by atoms with E-state index >= 15 is 0 Å². The summed E-state index contributed by atoms with van der Waals surface area (Å²) in [6.07, 6.45) is 4.14. The van der Waals surface area contributed by atoms with Gasteiger partial charge in [-0.1, -0.05) is 0 Å². The zero-order valence-electron chi connectivity index (χ0n) is 6.51. The Bertz CT molecular complexity index is 476. The van der Waals surface area contributed by atoms with Gasteiger partial charge in [-0.2, -0.15) is 0 Å². The van der Waals surface area contributed by atoms with Crippen molar-refractivity contribution in [3.05, 3.63) is 24.3 Å². The smallest absolute Gasteiger partial charge is 0.340 e. The van der Waals surface area contributed by atoms with Gasteiger partial charge in [0.15, 0.2) is 5.65 Å². The first-order chi connectivity index (χ1) is 6.20. The predicted molar refractivity (Wildman–Crippen MR) is 44.4 cm³/mol. The van der Waals surface area contributed by atoms with Crippen LogP contribution in [-0.4, -0.2) is 25.4 Å². The topological polar surface area (TPSA) is 93.5 Å². The van der Waals surface area contributed by atoms with Crippen LogP contribution in [0.1, 0.15) is 10.4 Å². The van der Waals surface area contributed by atoms with Crippen molar-refractivity contribution in [1.82, 2.24) is 14.4 Å². The number of nitrogens with zero attached hydrogens (tertiary/aromatic N) is 3. The number of aromatic nitrogens is 3. The SMILES string of the molecule is Nc1c(C(=O)O)cnc2cncn12. The monoisotopic (exact) mass is 178 g/mol. The summed E-state index contributed by atoms with van der Waals surface area (Å²) in [5.74, 6) is -0.962. The van der Waals surface area contributed by atoms with Crippen molar-refractivity contribution < 1.29 is 9.90 Å². The minimum Gasteiger partial charge on any atom is -0.478 e. The predicted octanol–water partition coefficient (Wildman–Crippen LogP) is 0.00970. The molecule has 2 aromatic heterocycles. The fourth-order valence-electron chi connectivity index (χ4n) is 1.06. The van der Waals surface area contributed by atoms with Crippen molar-refractivity contribution >= 4 is 17.4 Å². The molecule has 0 spiro atoms. The van der Waals surface area contributed by atoms with Crippen molar-refractivity contribution in [3.63, 3.8) is 0 Å². The van der Waals surface area contributed by atoms with Crippen molar-refractivity contribution in [2.75, 3.05) is 5.73 Å². The number of nitrogen functional groups attached to an aromatic ring is 1. The average molecular weight is 178 g/mol. The maximum Gasteiger partial charge on any atom is 0.340 e. The second-order valence-corrected chi connectivity index (χ2v) is 2.48.